The van der Waals surface area contributed by atoms with Gasteiger partial charge in [0.2, 0.25) is 5.91 Å². The molecule has 0 saturated heterocycles. The van der Waals surface area contributed by atoms with Crippen molar-refractivity contribution in [3.05, 3.63) is 0 Å². The standard InChI is InChI=1S/C17H36N2O2/c1-5-8-10-12-19(13-11-9-6-2)17(20)16-21-15-14-18(4)7-3/h5-16H2,1-4H3. The van der Waals surface area contributed by atoms with E-state index in [1.807, 2.05) is 4.90 Å². The maximum Gasteiger partial charge on any atom is 0.248 e. The minimum atomic E-state index is 0.154. The SMILES string of the molecule is CCCCCN(CCCCC)C(=O)COCCN(C)CC. The number of ether oxygens (including phenoxy) is 1. The molecular formula is C17H36N2O2. The van der Waals surface area contributed by atoms with Crippen molar-refractivity contribution in [2.45, 2.75) is 59.3 Å². The van der Waals surface area contributed by atoms with Crippen LogP contribution in [0, 0.1) is 0 Å². The fourth-order valence-electron chi connectivity index (χ4n) is 2.10. The van der Waals surface area contributed by atoms with Gasteiger partial charge in [-0.2, -0.15) is 0 Å². The van der Waals surface area contributed by atoms with Crippen LogP contribution in [0.4, 0.5) is 0 Å². The van der Waals surface area contributed by atoms with Gasteiger partial charge in [0.05, 0.1) is 6.61 Å². The number of rotatable bonds is 14. The van der Waals surface area contributed by atoms with Crippen molar-refractivity contribution in [3.63, 3.8) is 0 Å². The highest BCUT2D eigenvalue weighted by Crippen LogP contribution is 2.03. The zero-order chi connectivity index (χ0) is 15.9. The van der Waals surface area contributed by atoms with Crippen LogP contribution in [-0.2, 0) is 9.53 Å². The molecule has 1 amide bonds. The molecule has 0 spiro atoms. The van der Waals surface area contributed by atoms with Crippen molar-refractivity contribution in [2.24, 2.45) is 0 Å². The summed E-state index contributed by atoms with van der Waals surface area (Å²) in [4.78, 5) is 16.4. The second-order valence-electron chi connectivity index (χ2n) is 5.74. The Morgan fingerprint density at radius 1 is 0.905 bits per heavy atom. The van der Waals surface area contributed by atoms with Gasteiger partial charge in [-0.3, -0.25) is 4.79 Å². The monoisotopic (exact) mass is 300 g/mol. The summed E-state index contributed by atoms with van der Waals surface area (Å²) in [5, 5.41) is 0. The molecule has 0 aromatic carbocycles. The van der Waals surface area contributed by atoms with E-state index in [0.29, 0.717) is 6.61 Å². The lowest BCUT2D eigenvalue weighted by Gasteiger charge is -2.23. The lowest BCUT2D eigenvalue weighted by atomic mass is 10.2. The van der Waals surface area contributed by atoms with Gasteiger partial charge in [-0.1, -0.05) is 46.5 Å². The molecule has 4 heteroatoms. The van der Waals surface area contributed by atoms with Crippen molar-refractivity contribution in [3.8, 4) is 0 Å². The molecule has 0 aromatic heterocycles. The van der Waals surface area contributed by atoms with Crippen LogP contribution in [0.15, 0.2) is 0 Å². The number of carbonyl (C=O) groups is 1. The van der Waals surface area contributed by atoms with Crippen LogP contribution >= 0.6 is 0 Å². The average molecular weight is 300 g/mol. The highest BCUT2D eigenvalue weighted by atomic mass is 16.5. The van der Waals surface area contributed by atoms with Crippen LogP contribution in [0.5, 0.6) is 0 Å². The number of hydrogen-bond donors (Lipinski definition) is 0. The molecule has 0 aliphatic heterocycles. The van der Waals surface area contributed by atoms with Gasteiger partial charge >= 0.3 is 0 Å². The molecular weight excluding hydrogens is 264 g/mol. The molecule has 0 aliphatic carbocycles. The molecule has 0 radical (unpaired) electrons. The second-order valence-corrected chi connectivity index (χ2v) is 5.74. The van der Waals surface area contributed by atoms with Crippen molar-refractivity contribution in [1.82, 2.24) is 9.80 Å². The number of hydrogen-bond acceptors (Lipinski definition) is 3. The third-order valence-electron chi connectivity index (χ3n) is 3.80. The first-order chi connectivity index (χ1) is 10.2. The van der Waals surface area contributed by atoms with E-state index in [4.69, 9.17) is 4.74 Å². The van der Waals surface area contributed by atoms with Crippen molar-refractivity contribution in [2.75, 3.05) is 46.4 Å². The first kappa shape index (κ1) is 20.4. The molecule has 126 valence electrons. The van der Waals surface area contributed by atoms with Crippen LogP contribution in [-0.4, -0.2) is 62.1 Å². The fourth-order valence-corrected chi connectivity index (χ4v) is 2.10. The van der Waals surface area contributed by atoms with E-state index >= 15 is 0 Å². The average Bonchev–Trinajstić information content (AvgIpc) is 2.49. The molecule has 0 bridgehead atoms. The minimum absolute atomic E-state index is 0.154. The molecule has 4 nitrogen and oxygen atoms in total. The number of nitrogens with zero attached hydrogens (tertiary/aromatic N) is 2. The van der Waals surface area contributed by atoms with Crippen molar-refractivity contribution >= 4 is 5.91 Å². The molecule has 0 heterocycles. The molecule has 0 rings (SSSR count). The quantitative estimate of drug-likeness (QED) is 0.462. The molecule has 0 unspecified atom stereocenters. The maximum absolute atomic E-state index is 12.2. The minimum Gasteiger partial charge on any atom is -0.370 e. The first-order valence-electron chi connectivity index (χ1n) is 8.69. The predicted molar refractivity (Wildman–Crippen MR) is 89.6 cm³/mol. The third kappa shape index (κ3) is 11.7. The highest BCUT2D eigenvalue weighted by molar-refractivity contribution is 5.77. The van der Waals surface area contributed by atoms with Gasteiger partial charge < -0.3 is 14.5 Å². The smallest absolute Gasteiger partial charge is 0.248 e. The normalized spacial score (nSPS) is 11.1. The summed E-state index contributed by atoms with van der Waals surface area (Å²) < 4.78 is 5.53. The Morgan fingerprint density at radius 3 is 1.95 bits per heavy atom. The van der Waals surface area contributed by atoms with Gasteiger partial charge in [0.1, 0.15) is 6.61 Å². The van der Waals surface area contributed by atoms with Crippen LogP contribution in [0.1, 0.15) is 59.3 Å². The summed E-state index contributed by atoms with van der Waals surface area (Å²) in [6.45, 7) is 11.0. The second kappa shape index (κ2) is 14.3. The van der Waals surface area contributed by atoms with Crippen LogP contribution < -0.4 is 0 Å². The Morgan fingerprint density at radius 2 is 1.48 bits per heavy atom. The van der Waals surface area contributed by atoms with Crippen LogP contribution in [0.2, 0.25) is 0 Å². The predicted octanol–water partition coefficient (Wildman–Crippen LogP) is 3.16. The van der Waals surface area contributed by atoms with Gasteiger partial charge in [0.15, 0.2) is 0 Å². The summed E-state index contributed by atoms with van der Waals surface area (Å²) in [5.74, 6) is 0.154. The summed E-state index contributed by atoms with van der Waals surface area (Å²) in [6.07, 6.45) is 6.98. The molecule has 0 N–H and O–H groups in total. The number of likely N-dealkylation sites (N-methyl/N-ethyl adjacent to an activating group) is 1. The number of carbonyl (C=O) groups excluding carboxylic acids is 1. The van der Waals surface area contributed by atoms with Crippen molar-refractivity contribution in [1.29, 1.82) is 0 Å². The van der Waals surface area contributed by atoms with Gasteiger partial charge in [-0.05, 0) is 26.4 Å². The number of unbranched alkanes of at least 4 members (excludes halogenated alkanes) is 4. The lowest BCUT2D eigenvalue weighted by molar-refractivity contribution is -0.136. The van der Waals surface area contributed by atoms with Gasteiger partial charge in [-0.25, -0.2) is 0 Å². The van der Waals surface area contributed by atoms with Gasteiger partial charge in [0.25, 0.3) is 0 Å². The van der Waals surface area contributed by atoms with Gasteiger partial charge in [-0.15, -0.1) is 0 Å². The molecule has 0 fully saturated rings. The number of amides is 1. The topological polar surface area (TPSA) is 32.8 Å². The summed E-state index contributed by atoms with van der Waals surface area (Å²) >= 11 is 0. The molecule has 21 heavy (non-hydrogen) atoms. The first-order valence-corrected chi connectivity index (χ1v) is 8.69. The Hall–Kier alpha value is -0.610. The zero-order valence-electron chi connectivity index (χ0n) is 14.7. The largest absolute Gasteiger partial charge is 0.370 e. The lowest BCUT2D eigenvalue weighted by Crippen LogP contribution is -2.36. The molecule has 0 saturated carbocycles. The van der Waals surface area contributed by atoms with E-state index in [0.717, 1.165) is 39.0 Å². The molecule has 0 aliphatic rings. The van der Waals surface area contributed by atoms with E-state index in [1.165, 1.54) is 25.7 Å². The van der Waals surface area contributed by atoms with E-state index in [1.54, 1.807) is 0 Å². The van der Waals surface area contributed by atoms with Crippen molar-refractivity contribution < 1.29 is 9.53 Å². The molecule has 0 aromatic rings. The van der Waals surface area contributed by atoms with Crippen LogP contribution in [0.3, 0.4) is 0 Å². The van der Waals surface area contributed by atoms with E-state index in [9.17, 15) is 4.79 Å². The third-order valence-corrected chi connectivity index (χ3v) is 3.80. The Balaban J connectivity index is 3.98. The van der Waals surface area contributed by atoms with Crippen LogP contribution in [0.25, 0.3) is 0 Å². The van der Waals surface area contributed by atoms with Gasteiger partial charge in [0, 0.05) is 19.6 Å². The highest BCUT2D eigenvalue weighted by Gasteiger charge is 2.12. The summed E-state index contributed by atoms with van der Waals surface area (Å²) in [7, 11) is 2.06. The fraction of sp³-hybridized carbons (Fsp3) is 0.941. The van der Waals surface area contributed by atoms with E-state index in [2.05, 4.69) is 32.7 Å². The van der Waals surface area contributed by atoms with E-state index < -0.39 is 0 Å². The summed E-state index contributed by atoms with van der Waals surface area (Å²) in [5.41, 5.74) is 0. The molecule has 0 atom stereocenters. The Bertz CT molecular complexity index is 237. The Labute approximate surface area is 131 Å². The zero-order valence-corrected chi connectivity index (χ0v) is 14.7. The van der Waals surface area contributed by atoms with E-state index in [-0.39, 0.29) is 12.5 Å². The Kier molecular flexibility index (Phi) is 13.9. The summed E-state index contributed by atoms with van der Waals surface area (Å²) in [6, 6.07) is 0. The maximum atomic E-state index is 12.2.